The van der Waals surface area contributed by atoms with Crippen molar-refractivity contribution in [2.45, 2.75) is 19.5 Å². The van der Waals surface area contributed by atoms with Crippen molar-refractivity contribution in [3.8, 4) is 10.4 Å². The molecule has 1 aliphatic heterocycles. The molecule has 7 nitrogen and oxygen atoms in total. The first-order chi connectivity index (χ1) is 12.5. The van der Waals surface area contributed by atoms with E-state index in [9.17, 15) is 14.9 Å². The summed E-state index contributed by atoms with van der Waals surface area (Å²) in [4.78, 5) is 29.0. The fourth-order valence-corrected chi connectivity index (χ4v) is 4.17. The van der Waals surface area contributed by atoms with Gasteiger partial charge in [-0.05, 0) is 25.1 Å². The van der Waals surface area contributed by atoms with Gasteiger partial charge in [0.15, 0.2) is 0 Å². The quantitative estimate of drug-likeness (QED) is 0.640. The molecule has 0 unspecified atom stereocenters. The fourth-order valence-electron chi connectivity index (χ4n) is 3.08. The van der Waals surface area contributed by atoms with Crippen LogP contribution in [0.4, 0.5) is 5.69 Å². The standard InChI is InChI=1S/C18H22N4O3S/c1-13(19)18(23)21-10-8-20(9-11-21)12-14-6-7-17(26-14)15-4-2-3-5-16(15)22(24)25/h2-7,13H,8-12,19H2,1H3/t13-/m1/s1. The minimum Gasteiger partial charge on any atom is -0.339 e. The number of thiophene rings is 1. The number of para-hydroxylation sites is 1. The third kappa shape index (κ3) is 4.09. The zero-order chi connectivity index (χ0) is 18.7. The van der Waals surface area contributed by atoms with E-state index in [1.807, 2.05) is 23.1 Å². The Morgan fingerprint density at radius 3 is 2.58 bits per heavy atom. The maximum Gasteiger partial charge on any atom is 0.278 e. The van der Waals surface area contributed by atoms with Crippen LogP contribution in [0.3, 0.4) is 0 Å². The molecule has 26 heavy (non-hydrogen) atoms. The topological polar surface area (TPSA) is 92.7 Å². The maximum absolute atomic E-state index is 11.9. The van der Waals surface area contributed by atoms with E-state index in [0.717, 1.165) is 29.4 Å². The van der Waals surface area contributed by atoms with E-state index in [1.165, 1.54) is 6.07 Å². The van der Waals surface area contributed by atoms with Crippen LogP contribution in [0, 0.1) is 10.1 Å². The van der Waals surface area contributed by atoms with Gasteiger partial charge in [-0.25, -0.2) is 0 Å². The average Bonchev–Trinajstić information content (AvgIpc) is 3.10. The molecule has 3 rings (SSSR count). The lowest BCUT2D eigenvalue weighted by molar-refractivity contribution is -0.384. The summed E-state index contributed by atoms with van der Waals surface area (Å²) in [5, 5.41) is 11.2. The van der Waals surface area contributed by atoms with E-state index in [1.54, 1.807) is 30.4 Å². The summed E-state index contributed by atoms with van der Waals surface area (Å²) in [7, 11) is 0. The molecule has 0 radical (unpaired) electrons. The first-order valence-electron chi connectivity index (χ1n) is 8.55. The fraction of sp³-hybridized carbons (Fsp3) is 0.389. The normalized spacial score (nSPS) is 16.5. The molecule has 2 aromatic rings. The Morgan fingerprint density at radius 2 is 1.92 bits per heavy atom. The molecule has 1 amide bonds. The van der Waals surface area contributed by atoms with Crippen molar-refractivity contribution >= 4 is 22.9 Å². The lowest BCUT2D eigenvalue weighted by atomic mass is 10.1. The van der Waals surface area contributed by atoms with Crippen LogP contribution in [-0.4, -0.2) is 52.9 Å². The van der Waals surface area contributed by atoms with Crippen LogP contribution in [0.25, 0.3) is 10.4 Å². The Balaban J connectivity index is 1.64. The van der Waals surface area contributed by atoms with Crippen LogP contribution < -0.4 is 5.73 Å². The number of nitrogens with two attached hydrogens (primary N) is 1. The third-order valence-electron chi connectivity index (χ3n) is 4.48. The van der Waals surface area contributed by atoms with Crippen molar-refractivity contribution in [2.24, 2.45) is 5.73 Å². The van der Waals surface area contributed by atoms with E-state index in [2.05, 4.69) is 4.90 Å². The lowest BCUT2D eigenvalue weighted by Crippen LogP contribution is -2.52. The van der Waals surface area contributed by atoms with Crippen molar-refractivity contribution in [1.82, 2.24) is 9.80 Å². The third-order valence-corrected chi connectivity index (χ3v) is 5.58. The molecule has 0 aliphatic carbocycles. The second kappa shape index (κ2) is 7.94. The van der Waals surface area contributed by atoms with Gasteiger partial charge < -0.3 is 10.6 Å². The molecule has 2 N–H and O–H groups in total. The maximum atomic E-state index is 11.9. The van der Waals surface area contributed by atoms with Crippen molar-refractivity contribution in [3.05, 3.63) is 51.4 Å². The first kappa shape index (κ1) is 18.5. The van der Waals surface area contributed by atoms with Crippen molar-refractivity contribution < 1.29 is 9.72 Å². The molecule has 1 saturated heterocycles. The molecule has 2 heterocycles. The predicted octanol–water partition coefficient (Wildman–Crippen LogP) is 2.31. The molecule has 138 valence electrons. The Labute approximate surface area is 156 Å². The molecule has 1 aromatic carbocycles. The van der Waals surface area contributed by atoms with Gasteiger partial charge in [0.05, 0.1) is 16.5 Å². The van der Waals surface area contributed by atoms with Gasteiger partial charge in [0, 0.05) is 48.5 Å². The smallest absolute Gasteiger partial charge is 0.278 e. The number of nitro benzene ring substituents is 1. The van der Waals surface area contributed by atoms with Gasteiger partial charge >= 0.3 is 0 Å². The van der Waals surface area contributed by atoms with E-state index in [-0.39, 0.29) is 16.5 Å². The number of nitro groups is 1. The van der Waals surface area contributed by atoms with Gasteiger partial charge in [0.2, 0.25) is 5.91 Å². The summed E-state index contributed by atoms with van der Waals surface area (Å²) < 4.78 is 0. The summed E-state index contributed by atoms with van der Waals surface area (Å²) in [5.41, 5.74) is 6.45. The second-order valence-electron chi connectivity index (χ2n) is 6.43. The summed E-state index contributed by atoms with van der Waals surface area (Å²) in [5.74, 6) is -0.000512. The number of rotatable bonds is 5. The van der Waals surface area contributed by atoms with E-state index in [4.69, 9.17) is 5.73 Å². The van der Waals surface area contributed by atoms with Gasteiger partial charge in [0.1, 0.15) is 0 Å². The van der Waals surface area contributed by atoms with E-state index in [0.29, 0.717) is 18.7 Å². The zero-order valence-electron chi connectivity index (χ0n) is 14.6. The van der Waals surface area contributed by atoms with Gasteiger partial charge in [-0.1, -0.05) is 12.1 Å². The lowest BCUT2D eigenvalue weighted by Gasteiger charge is -2.35. The minimum absolute atomic E-state index is 0.000512. The molecule has 1 atom stereocenters. The van der Waals surface area contributed by atoms with Crippen molar-refractivity contribution in [1.29, 1.82) is 0 Å². The molecule has 8 heteroatoms. The van der Waals surface area contributed by atoms with Crippen molar-refractivity contribution in [2.75, 3.05) is 26.2 Å². The number of nitrogens with zero attached hydrogens (tertiary/aromatic N) is 3. The molecular formula is C18H22N4O3S. The first-order valence-corrected chi connectivity index (χ1v) is 9.36. The van der Waals surface area contributed by atoms with Crippen LogP contribution in [-0.2, 0) is 11.3 Å². The number of carbonyl (C=O) groups is 1. The molecular weight excluding hydrogens is 352 g/mol. The van der Waals surface area contributed by atoms with Gasteiger partial charge in [0.25, 0.3) is 5.69 Å². The van der Waals surface area contributed by atoms with Gasteiger partial charge in [-0.2, -0.15) is 0 Å². The monoisotopic (exact) mass is 374 g/mol. The summed E-state index contributed by atoms with van der Waals surface area (Å²) in [6.07, 6.45) is 0. The SMILES string of the molecule is C[C@@H](N)C(=O)N1CCN(Cc2ccc(-c3ccccc3[N+](=O)[O-])s2)CC1. The highest BCUT2D eigenvalue weighted by Crippen LogP contribution is 2.35. The van der Waals surface area contributed by atoms with Crippen LogP contribution in [0.5, 0.6) is 0 Å². The highest BCUT2D eigenvalue weighted by molar-refractivity contribution is 7.15. The Bertz CT molecular complexity index is 797. The largest absolute Gasteiger partial charge is 0.339 e. The Morgan fingerprint density at radius 1 is 1.23 bits per heavy atom. The van der Waals surface area contributed by atoms with Gasteiger partial charge in [-0.3, -0.25) is 19.8 Å². The number of benzene rings is 1. The van der Waals surface area contributed by atoms with Crippen LogP contribution in [0.1, 0.15) is 11.8 Å². The second-order valence-corrected chi connectivity index (χ2v) is 7.60. The molecule has 1 aliphatic rings. The number of hydrogen-bond donors (Lipinski definition) is 1. The summed E-state index contributed by atoms with van der Waals surface area (Å²) in [6, 6.07) is 10.3. The van der Waals surface area contributed by atoms with Crippen LogP contribution in [0.2, 0.25) is 0 Å². The van der Waals surface area contributed by atoms with Gasteiger partial charge in [-0.15, -0.1) is 11.3 Å². The van der Waals surface area contributed by atoms with Crippen LogP contribution >= 0.6 is 11.3 Å². The molecule has 0 spiro atoms. The molecule has 1 aromatic heterocycles. The summed E-state index contributed by atoms with van der Waals surface area (Å²) >= 11 is 1.58. The average molecular weight is 374 g/mol. The summed E-state index contributed by atoms with van der Waals surface area (Å²) in [6.45, 7) is 5.47. The van der Waals surface area contributed by atoms with Crippen LogP contribution in [0.15, 0.2) is 36.4 Å². The molecule has 0 saturated carbocycles. The van der Waals surface area contributed by atoms with Crippen molar-refractivity contribution in [3.63, 3.8) is 0 Å². The number of amides is 1. The molecule has 0 bridgehead atoms. The minimum atomic E-state index is -0.455. The van der Waals surface area contributed by atoms with E-state index >= 15 is 0 Å². The predicted molar refractivity (Wildman–Crippen MR) is 102 cm³/mol. The highest BCUT2D eigenvalue weighted by atomic mass is 32.1. The van der Waals surface area contributed by atoms with E-state index < -0.39 is 6.04 Å². The Kier molecular flexibility index (Phi) is 5.65. The highest BCUT2D eigenvalue weighted by Gasteiger charge is 2.23. The zero-order valence-corrected chi connectivity index (χ0v) is 15.4. The number of carbonyl (C=O) groups excluding carboxylic acids is 1. The molecule has 1 fully saturated rings. The number of hydrogen-bond acceptors (Lipinski definition) is 6. The number of piperazine rings is 1. The Hall–Kier alpha value is -2.29.